The Morgan fingerprint density at radius 3 is 2.24 bits per heavy atom. The molecule has 0 saturated carbocycles. The molecule has 3 aromatic carbocycles. The monoisotopic (exact) mass is 486 g/mol. The summed E-state index contributed by atoms with van der Waals surface area (Å²) in [6, 6.07) is 16.9. The highest BCUT2D eigenvalue weighted by Crippen LogP contribution is 2.36. The second-order valence-corrected chi connectivity index (χ2v) is 9.52. The van der Waals surface area contributed by atoms with Crippen LogP contribution >= 0.6 is 0 Å². The van der Waals surface area contributed by atoms with Gasteiger partial charge in [-0.15, -0.1) is 0 Å². The minimum Gasteiger partial charge on any atom is -0.457 e. The van der Waals surface area contributed by atoms with E-state index >= 15 is 0 Å². The van der Waals surface area contributed by atoms with E-state index in [1.54, 1.807) is 24.3 Å². The van der Waals surface area contributed by atoms with E-state index in [0.29, 0.717) is 5.56 Å². The van der Waals surface area contributed by atoms with Crippen molar-refractivity contribution in [2.24, 2.45) is 5.73 Å². The van der Waals surface area contributed by atoms with Crippen molar-refractivity contribution in [2.45, 2.75) is 11.1 Å². The number of rotatable bonds is 5. The number of nitrogens with two attached hydrogens (primary N) is 1. The smallest absolute Gasteiger partial charge is 0.418 e. The Hall–Kier alpha value is -3.92. The van der Waals surface area contributed by atoms with Crippen LogP contribution in [0.2, 0.25) is 0 Å². The van der Waals surface area contributed by atoms with Crippen molar-refractivity contribution in [3.63, 3.8) is 0 Å². The van der Waals surface area contributed by atoms with Crippen molar-refractivity contribution in [2.75, 3.05) is 6.26 Å². The summed E-state index contributed by atoms with van der Waals surface area (Å²) in [6.45, 7) is 0. The molecule has 1 aromatic heterocycles. The molecule has 10 heteroatoms. The summed E-state index contributed by atoms with van der Waals surface area (Å²) < 4.78 is 70.0. The molecule has 0 aliphatic carbocycles. The number of carbonyl (C=O) groups excluding carboxylic acids is 1. The van der Waals surface area contributed by atoms with Gasteiger partial charge in [-0.2, -0.15) is 13.2 Å². The molecule has 4 rings (SSSR count). The lowest BCUT2D eigenvalue weighted by atomic mass is 10.0. The Bertz CT molecular complexity index is 1530. The summed E-state index contributed by atoms with van der Waals surface area (Å²) in [6.07, 6.45) is -3.58. The minimum atomic E-state index is -4.65. The molecule has 0 spiro atoms. The van der Waals surface area contributed by atoms with E-state index in [4.69, 9.17) is 10.5 Å². The van der Waals surface area contributed by atoms with Crippen molar-refractivity contribution in [1.82, 2.24) is 4.98 Å². The second kappa shape index (κ2) is 8.45. The molecule has 0 saturated heterocycles. The first-order valence-electron chi connectivity index (χ1n) is 9.83. The summed E-state index contributed by atoms with van der Waals surface area (Å²) in [7, 11) is -3.45. The first-order chi connectivity index (χ1) is 15.9. The van der Waals surface area contributed by atoms with Crippen LogP contribution in [0.15, 0.2) is 77.7 Å². The van der Waals surface area contributed by atoms with Crippen LogP contribution in [0.5, 0.6) is 11.5 Å². The number of alkyl halides is 3. The normalized spacial score (nSPS) is 12.0. The zero-order valence-electron chi connectivity index (χ0n) is 17.6. The number of ether oxygens (including phenoxy) is 1. The van der Waals surface area contributed by atoms with Crippen molar-refractivity contribution in [1.29, 1.82) is 0 Å². The van der Waals surface area contributed by atoms with Crippen molar-refractivity contribution in [3.05, 3.63) is 83.9 Å². The van der Waals surface area contributed by atoms with Gasteiger partial charge >= 0.3 is 6.18 Å². The Balaban J connectivity index is 1.83. The van der Waals surface area contributed by atoms with Crippen LogP contribution in [0.4, 0.5) is 13.2 Å². The molecule has 4 aromatic rings. The standard InChI is InChI=1S/C24H17F3N2O4S/c1-34(31,32)18-9-4-8-17(13-18)33-16-7-2-5-14(11-16)21-19(23(28)30)12-15-6-3-10-20(22(15)29-21)24(25,26)27/h2-13H,1H3,(H2,28,30). The molecule has 34 heavy (non-hydrogen) atoms. The maximum atomic E-state index is 13.5. The summed E-state index contributed by atoms with van der Waals surface area (Å²) in [5.41, 5.74) is 4.45. The predicted molar refractivity (Wildman–Crippen MR) is 120 cm³/mol. The fourth-order valence-corrected chi connectivity index (χ4v) is 4.10. The van der Waals surface area contributed by atoms with E-state index in [9.17, 15) is 26.4 Å². The van der Waals surface area contributed by atoms with Gasteiger partial charge < -0.3 is 10.5 Å². The molecule has 1 heterocycles. The first kappa shape index (κ1) is 23.2. The van der Waals surface area contributed by atoms with Gasteiger partial charge in [-0.3, -0.25) is 4.79 Å². The van der Waals surface area contributed by atoms with E-state index in [1.165, 1.54) is 42.5 Å². The number of halogens is 3. The number of fused-ring (bicyclic) bond motifs is 1. The van der Waals surface area contributed by atoms with E-state index in [2.05, 4.69) is 4.98 Å². The second-order valence-electron chi connectivity index (χ2n) is 7.50. The van der Waals surface area contributed by atoms with Gasteiger partial charge in [0, 0.05) is 17.2 Å². The van der Waals surface area contributed by atoms with Gasteiger partial charge in [-0.1, -0.05) is 30.3 Å². The quantitative estimate of drug-likeness (QED) is 0.417. The number of aromatic nitrogens is 1. The number of hydrogen-bond acceptors (Lipinski definition) is 5. The molecule has 0 unspecified atom stereocenters. The molecule has 174 valence electrons. The molecule has 0 aliphatic rings. The number of benzene rings is 3. The third-order valence-electron chi connectivity index (χ3n) is 4.99. The van der Waals surface area contributed by atoms with Crippen LogP contribution in [-0.2, 0) is 16.0 Å². The van der Waals surface area contributed by atoms with Crippen molar-refractivity contribution in [3.8, 4) is 22.8 Å². The van der Waals surface area contributed by atoms with Crippen LogP contribution in [0.1, 0.15) is 15.9 Å². The molecule has 0 atom stereocenters. The summed E-state index contributed by atoms with van der Waals surface area (Å²) >= 11 is 0. The molecule has 0 bridgehead atoms. The third-order valence-corrected chi connectivity index (χ3v) is 6.10. The average molecular weight is 486 g/mol. The molecular weight excluding hydrogens is 469 g/mol. The van der Waals surface area contributed by atoms with E-state index < -0.39 is 27.5 Å². The Morgan fingerprint density at radius 2 is 1.59 bits per heavy atom. The number of amides is 1. The van der Waals surface area contributed by atoms with Crippen LogP contribution in [0.3, 0.4) is 0 Å². The number of pyridine rings is 1. The predicted octanol–water partition coefficient (Wildman–Crippen LogP) is 5.22. The minimum absolute atomic E-state index is 0.0352. The zero-order valence-corrected chi connectivity index (χ0v) is 18.4. The fraction of sp³-hybridized carbons (Fsp3) is 0.0833. The summed E-state index contributed by atoms with van der Waals surface area (Å²) in [5.74, 6) is -0.361. The topological polar surface area (TPSA) is 99.3 Å². The molecule has 0 radical (unpaired) electrons. The molecule has 2 N–H and O–H groups in total. The van der Waals surface area contributed by atoms with Gasteiger partial charge in [0.05, 0.1) is 27.2 Å². The van der Waals surface area contributed by atoms with Crippen LogP contribution in [-0.4, -0.2) is 25.6 Å². The van der Waals surface area contributed by atoms with Crippen LogP contribution in [0, 0.1) is 0 Å². The molecule has 0 fully saturated rings. The number of hydrogen-bond donors (Lipinski definition) is 1. The molecule has 1 amide bonds. The third kappa shape index (κ3) is 4.72. The lowest BCUT2D eigenvalue weighted by Gasteiger charge is -2.14. The van der Waals surface area contributed by atoms with E-state index in [0.717, 1.165) is 12.3 Å². The maximum absolute atomic E-state index is 13.5. The van der Waals surface area contributed by atoms with Gasteiger partial charge in [0.15, 0.2) is 9.84 Å². The fourth-order valence-electron chi connectivity index (χ4n) is 3.45. The number of para-hydroxylation sites is 1. The van der Waals surface area contributed by atoms with Crippen molar-refractivity contribution < 1.29 is 31.1 Å². The average Bonchev–Trinajstić information content (AvgIpc) is 2.77. The largest absolute Gasteiger partial charge is 0.457 e. The van der Waals surface area contributed by atoms with Crippen molar-refractivity contribution >= 4 is 26.6 Å². The first-order valence-corrected chi connectivity index (χ1v) is 11.7. The van der Waals surface area contributed by atoms with Crippen LogP contribution < -0.4 is 10.5 Å². The zero-order chi connectivity index (χ0) is 24.7. The highest BCUT2D eigenvalue weighted by molar-refractivity contribution is 7.90. The molecular formula is C24H17F3N2O4S. The lowest BCUT2D eigenvalue weighted by Crippen LogP contribution is -2.14. The van der Waals surface area contributed by atoms with E-state index in [1.807, 2.05) is 0 Å². The van der Waals surface area contributed by atoms with Crippen LogP contribution in [0.25, 0.3) is 22.2 Å². The Morgan fingerprint density at radius 1 is 0.941 bits per heavy atom. The summed E-state index contributed by atoms with van der Waals surface area (Å²) in [4.78, 5) is 16.3. The Labute approximate surface area is 192 Å². The van der Waals surface area contributed by atoms with E-state index in [-0.39, 0.29) is 38.6 Å². The molecule has 6 nitrogen and oxygen atoms in total. The lowest BCUT2D eigenvalue weighted by molar-refractivity contribution is -0.136. The highest BCUT2D eigenvalue weighted by atomic mass is 32.2. The highest BCUT2D eigenvalue weighted by Gasteiger charge is 2.33. The number of carbonyl (C=O) groups is 1. The summed E-state index contributed by atoms with van der Waals surface area (Å²) in [5, 5.41) is 0.123. The Kier molecular flexibility index (Phi) is 5.78. The van der Waals surface area contributed by atoms with Gasteiger partial charge in [0.2, 0.25) is 0 Å². The number of primary amides is 1. The van der Waals surface area contributed by atoms with Gasteiger partial charge in [0.1, 0.15) is 11.5 Å². The number of sulfone groups is 1. The van der Waals surface area contributed by atoms with Gasteiger partial charge in [-0.25, -0.2) is 13.4 Å². The van der Waals surface area contributed by atoms with Gasteiger partial charge in [0.25, 0.3) is 5.91 Å². The van der Waals surface area contributed by atoms with Gasteiger partial charge in [-0.05, 0) is 42.5 Å². The molecule has 0 aliphatic heterocycles. The SMILES string of the molecule is CS(=O)(=O)c1cccc(Oc2cccc(-c3nc4c(C(F)(F)F)cccc4cc3C(N)=O)c2)c1. The maximum Gasteiger partial charge on any atom is 0.418 e. The number of nitrogens with zero attached hydrogens (tertiary/aromatic N) is 1.